The second-order valence-corrected chi connectivity index (χ2v) is 9.78. The summed E-state index contributed by atoms with van der Waals surface area (Å²) in [7, 11) is 0. The molecule has 1 aromatic carbocycles. The zero-order valence-electron chi connectivity index (χ0n) is 18.5. The summed E-state index contributed by atoms with van der Waals surface area (Å²) in [4.78, 5) is 11.5. The van der Waals surface area contributed by atoms with Crippen molar-refractivity contribution in [2.45, 2.75) is 64.7 Å². The Morgan fingerprint density at radius 1 is 1.13 bits per heavy atom. The van der Waals surface area contributed by atoms with Gasteiger partial charge >= 0.3 is 5.97 Å². The molecule has 4 aliphatic rings. The van der Waals surface area contributed by atoms with Gasteiger partial charge in [0.1, 0.15) is 5.75 Å². The molecule has 5 rings (SSSR count). The topological polar surface area (TPSA) is 46.5 Å². The first-order valence-electron chi connectivity index (χ1n) is 11.4. The molecule has 0 saturated heterocycles. The number of esters is 1. The number of allylic oxidation sites excluding steroid dienone is 5. The van der Waals surface area contributed by atoms with E-state index in [4.69, 9.17) is 4.74 Å². The average molecular weight is 407 g/mol. The van der Waals surface area contributed by atoms with Gasteiger partial charge in [-0.3, -0.25) is 0 Å². The highest BCUT2D eigenvalue weighted by atomic mass is 16.5. The third kappa shape index (κ3) is 4.26. The van der Waals surface area contributed by atoms with Crippen LogP contribution in [0.25, 0.3) is 5.57 Å². The van der Waals surface area contributed by atoms with Crippen molar-refractivity contribution in [1.29, 1.82) is 0 Å². The van der Waals surface area contributed by atoms with E-state index < -0.39 is 0 Å². The van der Waals surface area contributed by atoms with Gasteiger partial charge in [0.15, 0.2) is 0 Å². The van der Waals surface area contributed by atoms with Crippen LogP contribution in [0.1, 0.15) is 70.4 Å². The lowest BCUT2D eigenvalue weighted by molar-refractivity contribution is -0.137. The molecule has 4 fully saturated rings. The van der Waals surface area contributed by atoms with E-state index in [9.17, 15) is 9.90 Å². The van der Waals surface area contributed by atoms with E-state index in [0.717, 1.165) is 34.5 Å². The van der Waals surface area contributed by atoms with Gasteiger partial charge in [0.05, 0.1) is 6.61 Å². The maximum atomic E-state index is 11.5. The van der Waals surface area contributed by atoms with Crippen molar-refractivity contribution >= 4 is 11.5 Å². The molecule has 0 unspecified atom stereocenters. The van der Waals surface area contributed by atoms with E-state index in [-0.39, 0.29) is 11.4 Å². The molecule has 30 heavy (non-hydrogen) atoms. The molecule has 0 amide bonds. The number of phenolic OH excluding ortho intramolecular Hbond substituents is 1. The molecular formula is C27H34O3. The Morgan fingerprint density at radius 2 is 1.77 bits per heavy atom. The first-order valence-corrected chi connectivity index (χ1v) is 11.4. The van der Waals surface area contributed by atoms with Crippen molar-refractivity contribution in [2.75, 3.05) is 6.61 Å². The third-order valence-electron chi connectivity index (χ3n) is 7.40. The highest BCUT2D eigenvalue weighted by Crippen LogP contribution is 2.61. The molecule has 0 radical (unpaired) electrons. The molecule has 3 heteroatoms. The summed E-state index contributed by atoms with van der Waals surface area (Å²) < 4.78 is 4.95. The standard InChI is InChI=1S/C27H34O3/c1-4-30-26(29)10-18(2)6-5-7-19(3)23-8-9-25(28)24(14-23)27-15-20-11-21(16-27)13-22(12-20)17-27/h5-10,14,20-22,28H,4,11-13,15-17H2,1-3H3/b6-5+,18-10+,19-7+. The smallest absolute Gasteiger partial charge is 0.330 e. The quantitative estimate of drug-likeness (QED) is 0.341. The Labute approximate surface area is 180 Å². The first-order chi connectivity index (χ1) is 14.4. The van der Waals surface area contributed by atoms with Crippen LogP contribution < -0.4 is 0 Å². The number of ether oxygens (including phenoxy) is 1. The predicted octanol–water partition coefficient (Wildman–Crippen LogP) is 6.33. The minimum Gasteiger partial charge on any atom is -0.508 e. The Bertz CT molecular complexity index is 867. The Kier molecular flexibility index (Phi) is 5.90. The van der Waals surface area contributed by atoms with Crippen LogP contribution in [-0.4, -0.2) is 17.7 Å². The lowest BCUT2D eigenvalue weighted by Gasteiger charge is -2.57. The van der Waals surface area contributed by atoms with Crippen LogP contribution >= 0.6 is 0 Å². The number of hydrogen-bond acceptors (Lipinski definition) is 3. The second kappa shape index (κ2) is 8.45. The summed E-state index contributed by atoms with van der Waals surface area (Å²) in [6.45, 7) is 6.18. The van der Waals surface area contributed by atoms with Gasteiger partial charge in [-0.1, -0.05) is 24.3 Å². The van der Waals surface area contributed by atoms with Crippen molar-refractivity contribution in [3.63, 3.8) is 0 Å². The van der Waals surface area contributed by atoms with Crippen LogP contribution in [0.3, 0.4) is 0 Å². The van der Waals surface area contributed by atoms with Crippen molar-refractivity contribution in [3.05, 3.63) is 59.2 Å². The average Bonchev–Trinajstić information content (AvgIpc) is 2.67. The van der Waals surface area contributed by atoms with Gasteiger partial charge in [-0.05, 0) is 111 Å². The van der Waals surface area contributed by atoms with E-state index >= 15 is 0 Å². The summed E-state index contributed by atoms with van der Waals surface area (Å²) in [5.41, 5.74) is 4.53. The lowest BCUT2D eigenvalue weighted by atomic mass is 9.48. The molecule has 4 aliphatic carbocycles. The van der Waals surface area contributed by atoms with Crippen LogP contribution in [0, 0.1) is 17.8 Å². The summed E-state index contributed by atoms with van der Waals surface area (Å²) in [6, 6.07) is 6.14. The second-order valence-electron chi connectivity index (χ2n) is 9.78. The molecule has 4 bridgehead atoms. The van der Waals surface area contributed by atoms with Gasteiger partial charge in [-0.2, -0.15) is 0 Å². The van der Waals surface area contributed by atoms with Gasteiger partial charge in [0, 0.05) is 11.6 Å². The van der Waals surface area contributed by atoms with Gasteiger partial charge in [0.25, 0.3) is 0 Å². The molecule has 3 nitrogen and oxygen atoms in total. The zero-order valence-corrected chi connectivity index (χ0v) is 18.5. The number of phenols is 1. The number of benzene rings is 1. The summed E-state index contributed by atoms with van der Waals surface area (Å²) >= 11 is 0. The lowest BCUT2D eigenvalue weighted by Crippen LogP contribution is -2.48. The number of aromatic hydroxyl groups is 1. The van der Waals surface area contributed by atoms with Gasteiger partial charge in [-0.15, -0.1) is 0 Å². The zero-order chi connectivity index (χ0) is 21.3. The van der Waals surface area contributed by atoms with E-state index in [2.05, 4.69) is 19.1 Å². The van der Waals surface area contributed by atoms with Crippen LogP contribution in [0.5, 0.6) is 5.75 Å². The fourth-order valence-electron chi connectivity index (χ4n) is 6.51. The normalized spacial score (nSPS) is 30.8. The molecule has 0 atom stereocenters. The first kappa shape index (κ1) is 21.0. The molecular weight excluding hydrogens is 372 g/mol. The van der Waals surface area contributed by atoms with E-state index in [1.807, 2.05) is 31.2 Å². The fraction of sp³-hybridized carbons (Fsp3) is 0.519. The molecule has 0 aliphatic heterocycles. The molecule has 1 aromatic rings. The minimum atomic E-state index is -0.306. The van der Waals surface area contributed by atoms with Gasteiger partial charge in [-0.25, -0.2) is 4.79 Å². The van der Waals surface area contributed by atoms with E-state index in [1.54, 1.807) is 6.92 Å². The van der Waals surface area contributed by atoms with Crippen LogP contribution in [0.4, 0.5) is 0 Å². The third-order valence-corrected chi connectivity index (χ3v) is 7.40. The summed E-state index contributed by atoms with van der Waals surface area (Å²) in [6.07, 6.45) is 15.4. The molecule has 4 saturated carbocycles. The predicted molar refractivity (Wildman–Crippen MR) is 121 cm³/mol. The van der Waals surface area contributed by atoms with Crippen LogP contribution in [0.15, 0.2) is 48.1 Å². The Hall–Kier alpha value is -2.29. The maximum absolute atomic E-state index is 11.5. The monoisotopic (exact) mass is 406 g/mol. The number of carbonyl (C=O) groups is 1. The van der Waals surface area contributed by atoms with Gasteiger partial charge < -0.3 is 9.84 Å². The van der Waals surface area contributed by atoms with Crippen molar-refractivity contribution in [2.24, 2.45) is 17.8 Å². The highest BCUT2D eigenvalue weighted by Gasteiger charge is 2.52. The largest absolute Gasteiger partial charge is 0.508 e. The van der Waals surface area contributed by atoms with E-state index in [1.165, 1.54) is 50.2 Å². The summed E-state index contributed by atoms with van der Waals surface area (Å²) in [5, 5.41) is 10.8. The number of rotatable bonds is 6. The van der Waals surface area contributed by atoms with Crippen molar-refractivity contribution in [3.8, 4) is 5.75 Å². The minimum absolute atomic E-state index is 0.184. The highest BCUT2D eigenvalue weighted by molar-refractivity contribution is 5.83. The maximum Gasteiger partial charge on any atom is 0.330 e. The van der Waals surface area contributed by atoms with Crippen molar-refractivity contribution < 1.29 is 14.6 Å². The summed E-state index contributed by atoms with van der Waals surface area (Å²) in [5.74, 6) is 2.73. The molecule has 0 spiro atoms. The Morgan fingerprint density at radius 3 is 2.37 bits per heavy atom. The molecule has 0 heterocycles. The number of hydrogen-bond donors (Lipinski definition) is 1. The van der Waals surface area contributed by atoms with Crippen LogP contribution in [0.2, 0.25) is 0 Å². The molecule has 0 aromatic heterocycles. The van der Waals surface area contributed by atoms with Gasteiger partial charge in [0.2, 0.25) is 0 Å². The molecule has 160 valence electrons. The fourth-order valence-corrected chi connectivity index (χ4v) is 6.51. The van der Waals surface area contributed by atoms with Crippen molar-refractivity contribution in [1.82, 2.24) is 0 Å². The molecule has 1 N–H and O–H groups in total. The van der Waals surface area contributed by atoms with E-state index in [0.29, 0.717) is 12.4 Å². The Balaban J connectivity index is 1.54. The SMILES string of the molecule is CCOC(=O)/C=C(C)/C=C/C=C(\C)c1ccc(O)c(C23CC4CC(CC(C4)C2)C3)c1. The number of carbonyl (C=O) groups excluding carboxylic acids is 1. The van der Waals surface area contributed by atoms with Crippen LogP contribution in [-0.2, 0) is 14.9 Å².